The third kappa shape index (κ3) is 4.99. The van der Waals surface area contributed by atoms with Crippen LogP contribution < -0.4 is 9.04 Å². The average molecular weight is 403 g/mol. The molecule has 0 aliphatic rings. The normalized spacial score (nSPS) is 11.2. The maximum Gasteiger partial charge on any atom is 0.235 e. The van der Waals surface area contributed by atoms with Gasteiger partial charge < -0.3 is 4.74 Å². The van der Waals surface area contributed by atoms with E-state index >= 15 is 0 Å². The molecule has 5 nitrogen and oxygen atoms in total. The number of benzene rings is 2. The van der Waals surface area contributed by atoms with Gasteiger partial charge in [-0.1, -0.05) is 17.7 Å². The van der Waals surface area contributed by atoms with Crippen LogP contribution in [0.1, 0.15) is 12.5 Å². The van der Waals surface area contributed by atoms with E-state index < -0.39 is 10.0 Å². The molecule has 140 valence electrons. The van der Waals surface area contributed by atoms with Crippen molar-refractivity contribution in [1.82, 2.24) is 4.98 Å². The van der Waals surface area contributed by atoms with Gasteiger partial charge in [-0.05, 0) is 67.1 Å². The van der Waals surface area contributed by atoms with Crippen LogP contribution in [0.5, 0.6) is 11.5 Å². The molecule has 0 aliphatic carbocycles. The smallest absolute Gasteiger partial charge is 0.235 e. The van der Waals surface area contributed by atoms with Crippen LogP contribution in [0.4, 0.5) is 5.69 Å². The second-order valence-electron chi connectivity index (χ2n) is 5.82. The second kappa shape index (κ2) is 8.41. The molecular formula is C20H19ClN2O3S. The predicted molar refractivity (Wildman–Crippen MR) is 108 cm³/mol. The number of pyridine rings is 1. The second-order valence-corrected chi connectivity index (χ2v) is 8.44. The third-order valence-corrected chi connectivity index (χ3v) is 5.92. The molecule has 27 heavy (non-hydrogen) atoms. The summed E-state index contributed by atoms with van der Waals surface area (Å²) in [6, 6.07) is 17.6. The first-order valence-corrected chi connectivity index (χ1v) is 10.4. The fraction of sp³-hybridized carbons (Fsp3) is 0.150. The van der Waals surface area contributed by atoms with Crippen LogP contribution in [0, 0.1) is 0 Å². The lowest BCUT2D eigenvalue weighted by Gasteiger charge is -2.24. The van der Waals surface area contributed by atoms with Crippen molar-refractivity contribution in [2.24, 2.45) is 0 Å². The molecule has 0 unspecified atom stereocenters. The standard InChI is InChI=1S/C20H19ClN2O3S/c1-2-27(24,25)23(15-16-4-3-13-22-14-16)18-7-11-20(12-8-18)26-19-9-5-17(21)6-10-19/h3-14H,2,15H2,1H3. The predicted octanol–water partition coefficient (Wildman–Crippen LogP) is 4.88. The summed E-state index contributed by atoms with van der Waals surface area (Å²) in [4.78, 5) is 4.06. The summed E-state index contributed by atoms with van der Waals surface area (Å²) in [7, 11) is -3.44. The molecule has 3 rings (SSSR count). The van der Waals surface area contributed by atoms with Gasteiger partial charge >= 0.3 is 0 Å². The number of anilines is 1. The molecule has 1 aromatic heterocycles. The lowest BCUT2D eigenvalue weighted by molar-refractivity contribution is 0.482. The van der Waals surface area contributed by atoms with Gasteiger partial charge in [0.15, 0.2) is 0 Å². The molecule has 0 bridgehead atoms. The first kappa shape index (κ1) is 19.2. The Hall–Kier alpha value is -2.57. The zero-order valence-corrected chi connectivity index (χ0v) is 16.3. The van der Waals surface area contributed by atoms with E-state index in [9.17, 15) is 8.42 Å². The molecule has 0 atom stereocenters. The summed E-state index contributed by atoms with van der Waals surface area (Å²) in [5.74, 6) is 1.27. The van der Waals surface area contributed by atoms with Crippen LogP contribution in [-0.2, 0) is 16.6 Å². The molecule has 1 heterocycles. The minimum atomic E-state index is -3.44. The van der Waals surface area contributed by atoms with Gasteiger partial charge in [-0.3, -0.25) is 9.29 Å². The van der Waals surface area contributed by atoms with E-state index in [-0.39, 0.29) is 12.3 Å². The number of nitrogens with zero attached hydrogens (tertiary/aromatic N) is 2. The van der Waals surface area contributed by atoms with Gasteiger partial charge in [0.25, 0.3) is 0 Å². The number of aromatic nitrogens is 1. The van der Waals surface area contributed by atoms with E-state index in [0.29, 0.717) is 22.2 Å². The van der Waals surface area contributed by atoms with Gasteiger partial charge in [-0.2, -0.15) is 0 Å². The van der Waals surface area contributed by atoms with E-state index in [1.54, 1.807) is 73.9 Å². The SMILES string of the molecule is CCS(=O)(=O)N(Cc1cccnc1)c1ccc(Oc2ccc(Cl)cc2)cc1. The Morgan fingerprint density at radius 1 is 1.00 bits per heavy atom. The number of hydrogen-bond acceptors (Lipinski definition) is 4. The summed E-state index contributed by atoms with van der Waals surface area (Å²) >= 11 is 5.87. The molecule has 0 amide bonds. The van der Waals surface area contributed by atoms with Crippen LogP contribution >= 0.6 is 11.6 Å². The monoisotopic (exact) mass is 402 g/mol. The van der Waals surface area contributed by atoms with Crippen molar-refractivity contribution in [3.8, 4) is 11.5 Å². The highest BCUT2D eigenvalue weighted by Crippen LogP contribution is 2.27. The highest BCUT2D eigenvalue weighted by Gasteiger charge is 2.21. The van der Waals surface area contributed by atoms with Crippen LogP contribution in [-0.4, -0.2) is 19.2 Å². The van der Waals surface area contributed by atoms with Gasteiger partial charge in [0, 0.05) is 17.4 Å². The number of halogens is 1. The first-order valence-electron chi connectivity index (χ1n) is 8.41. The highest BCUT2D eigenvalue weighted by atomic mass is 35.5. The van der Waals surface area contributed by atoms with Gasteiger partial charge in [0.1, 0.15) is 11.5 Å². The summed E-state index contributed by atoms with van der Waals surface area (Å²) < 4.78 is 32.3. The zero-order chi connectivity index (χ0) is 19.3. The van der Waals surface area contributed by atoms with Crippen LogP contribution in [0.3, 0.4) is 0 Å². The van der Waals surface area contributed by atoms with Gasteiger partial charge in [-0.15, -0.1) is 0 Å². The van der Waals surface area contributed by atoms with Crippen molar-refractivity contribution in [3.05, 3.63) is 83.6 Å². The van der Waals surface area contributed by atoms with E-state index in [1.165, 1.54) is 4.31 Å². The molecule has 0 spiro atoms. The van der Waals surface area contributed by atoms with Crippen molar-refractivity contribution < 1.29 is 13.2 Å². The maximum absolute atomic E-state index is 12.6. The van der Waals surface area contributed by atoms with Crippen molar-refractivity contribution in [2.75, 3.05) is 10.1 Å². The zero-order valence-electron chi connectivity index (χ0n) is 14.7. The molecule has 0 aliphatic heterocycles. The Bertz CT molecular complexity index is 976. The van der Waals surface area contributed by atoms with Crippen molar-refractivity contribution in [2.45, 2.75) is 13.5 Å². The number of sulfonamides is 1. The third-order valence-electron chi connectivity index (χ3n) is 3.92. The fourth-order valence-electron chi connectivity index (χ4n) is 2.48. The van der Waals surface area contributed by atoms with Gasteiger partial charge in [-0.25, -0.2) is 8.42 Å². The van der Waals surface area contributed by atoms with Crippen LogP contribution in [0.2, 0.25) is 5.02 Å². The van der Waals surface area contributed by atoms with Crippen LogP contribution in [0.25, 0.3) is 0 Å². The van der Waals surface area contributed by atoms with Crippen molar-refractivity contribution in [3.63, 3.8) is 0 Å². The molecule has 0 fully saturated rings. The minimum absolute atomic E-state index is 0.0102. The summed E-state index contributed by atoms with van der Waals surface area (Å²) in [5.41, 5.74) is 1.39. The van der Waals surface area contributed by atoms with E-state index in [1.807, 2.05) is 6.07 Å². The Labute approximate surface area is 164 Å². The molecule has 3 aromatic rings. The molecular weight excluding hydrogens is 384 g/mol. The van der Waals surface area contributed by atoms with Crippen LogP contribution in [0.15, 0.2) is 73.1 Å². The maximum atomic E-state index is 12.6. The highest BCUT2D eigenvalue weighted by molar-refractivity contribution is 7.92. The topological polar surface area (TPSA) is 59.5 Å². The lowest BCUT2D eigenvalue weighted by atomic mass is 10.2. The van der Waals surface area contributed by atoms with Gasteiger partial charge in [0.05, 0.1) is 18.0 Å². The van der Waals surface area contributed by atoms with Crippen molar-refractivity contribution >= 4 is 27.3 Å². The molecule has 7 heteroatoms. The quantitative estimate of drug-likeness (QED) is 0.564. The Kier molecular flexibility index (Phi) is 5.98. The summed E-state index contributed by atoms with van der Waals surface area (Å²) in [6.45, 7) is 1.85. The number of rotatable bonds is 7. The minimum Gasteiger partial charge on any atom is -0.457 e. The van der Waals surface area contributed by atoms with E-state index in [0.717, 1.165) is 5.56 Å². The molecule has 0 N–H and O–H groups in total. The number of hydrogen-bond donors (Lipinski definition) is 0. The largest absolute Gasteiger partial charge is 0.457 e. The molecule has 2 aromatic carbocycles. The van der Waals surface area contributed by atoms with Crippen molar-refractivity contribution in [1.29, 1.82) is 0 Å². The average Bonchev–Trinajstić information content (AvgIpc) is 2.69. The summed E-state index contributed by atoms with van der Waals surface area (Å²) in [5, 5.41) is 0.633. The fourth-order valence-corrected chi connectivity index (χ4v) is 3.71. The summed E-state index contributed by atoms with van der Waals surface area (Å²) in [6.07, 6.45) is 3.32. The Morgan fingerprint density at radius 2 is 1.63 bits per heavy atom. The first-order chi connectivity index (χ1) is 13.0. The Morgan fingerprint density at radius 3 is 2.19 bits per heavy atom. The van der Waals surface area contributed by atoms with Gasteiger partial charge in [0.2, 0.25) is 10.0 Å². The van der Waals surface area contributed by atoms with E-state index in [4.69, 9.17) is 16.3 Å². The molecule has 0 saturated heterocycles. The lowest BCUT2D eigenvalue weighted by Crippen LogP contribution is -2.31. The molecule has 0 radical (unpaired) electrons. The van der Waals surface area contributed by atoms with E-state index in [2.05, 4.69) is 4.98 Å². The Balaban J connectivity index is 1.83. The number of ether oxygens (including phenoxy) is 1. The molecule has 0 saturated carbocycles.